The third-order valence-electron chi connectivity index (χ3n) is 3.78. The summed E-state index contributed by atoms with van der Waals surface area (Å²) in [6.07, 6.45) is 2.46. The standard InChI is InChI=1S/C15H19N3/c1-10-5-7-12(8-6-10)14-11(2)15(18-17-14)13-4-3-9-16-13/h5-8,13,16H,3-4,9H2,1-2H3,(H,17,18). The van der Waals surface area contributed by atoms with Gasteiger partial charge in [-0.25, -0.2) is 0 Å². The summed E-state index contributed by atoms with van der Waals surface area (Å²) < 4.78 is 0. The van der Waals surface area contributed by atoms with Crippen molar-refractivity contribution >= 4 is 0 Å². The molecular weight excluding hydrogens is 222 g/mol. The van der Waals surface area contributed by atoms with Crippen LogP contribution in [-0.4, -0.2) is 16.7 Å². The maximum Gasteiger partial charge on any atom is 0.0953 e. The Morgan fingerprint density at radius 3 is 2.61 bits per heavy atom. The van der Waals surface area contributed by atoms with Gasteiger partial charge in [0.15, 0.2) is 0 Å². The lowest BCUT2D eigenvalue weighted by molar-refractivity contribution is 0.622. The molecule has 3 nitrogen and oxygen atoms in total. The SMILES string of the molecule is Cc1ccc(-c2n[nH]c(C3CCCN3)c2C)cc1. The van der Waals surface area contributed by atoms with Gasteiger partial charge in [-0.1, -0.05) is 29.8 Å². The quantitative estimate of drug-likeness (QED) is 0.848. The minimum Gasteiger partial charge on any atom is -0.309 e. The van der Waals surface area contributed by atoms with E-state index in [-0.39, 0.29) is 0 Å². The van der Waals surface area contributed by atoms with Crippen LogP contribution in [0.25, 0.3) is 11.3 Å². The molecule has 0 bridgehead atoms. The van der Waals surface area contributed by atoms with Gasteiger partial charge >= 0.3 is 0 Å². The first-order valence-corrected chi connectivity index (χ1v) is 6.61. The first-order chi connectivity index (χ1) is 8.75. The Bertz CT molecular complexity index is 533. The molecule has 1 aliphatic rings. The lowest BCUT2D eigenvalue weighted by atomic mass is 10.0. The zero-order chi connectivity index (χ0) is 12.5. The molecule has 2 N–H and O–H groups in total. The minimum atomic E-state index is 0.455. The molecule has 3 rings (SSSR count). The summed E-state index contributed by atoms with van der Waals surface area (Å²) in [6, 6.07) is 9.01. The number of aromatic nitrogens is 2. The molecule has 1 saturated heterocycles. The van der Waals surface area contributed by atoms with Gasteiger partial charge in [0.2, 0.25) is 0 Å². The van der Waals surface area contributed by atoms with Crippen molar-refractivity contribution in [2.24, 2.45) is 0 Å². The number of aromatic amines is 1. The number of benzene rings is 1. The van der Waals surface area contributed by atoms with E-state index in [9.17, 15) is 0 Å². The van der Waals surface area contributed by atoms with Crippen LogP contribution in [0.2, 0.25) is 0 Å². The average molecular weight is 241 g/mol. The van der Waals surface area contributed by atoms with Crippen molar-refractivity contribution in [3.8, 4) is 11.3 Å². The Kier molecular flexibility index (Phi) is 2.92. The third-order valence-corrected chi connectivity index (χ3v) is 3.78. The maximum absolute atomic E-state index is 4.50. The van der Waals surface area contributed by atoms with Crippen molar-refractivity contribution in [3.05, 3.63) is 41.1 Å². The van der Waals surface area contributed by atoms with Gasteiger partial charge in [0.05, 0.1) is 11.4 Å². The first-order valence-electron chi connectivity index (χ1n) is 6.61. The van der Waals surface area contributed by atoms with E-state index in [0.717, 1.165) is 12.2 Å². The van der Waals surface area contributed by atoms with Gasteiger partial charge in [0.1, 0.15) is 0 Å². The van der Waals surface area contributed by atoms with Crippen LogP contribution >= 0.6 is 0 Å². The second-order valence-corrected chi connectivity index (χ2v) is 5.13. The molecule has 1 aromatic heterocycles. The largest absolute Gasteiger partial charge is 0.309 e. The molecule has 2 heterocycles. The highest BCUT2D eigenvalue weighted by molar-refractivity contribution is 5.64. The summed E-state index contributed by atoms with van der Waals surface area (Å²) in [6.45, 7) is 5.38. The molecule has 1 fully saturated rings. The van der Waals surface area contributed by atoms with Gasteiger partial charge in [0, 0.05) is 11.6 Å². The second-order valence-electron chi connectivity index (χ2n) is 5.13. The predicted molar refractivity (Wildman–Crippen MR) is 73.5 cm³/mol. The van der Waals surface area contributed by atoms with Crippen LogP contribution in [0, 0.1) is 13.8 Å². The van der Waals surface area contributed by atoms with Crippen LogP contribution in [0.1, 0.15) is 35.7 Å². The number of rotatable bonds is 2. The summed E-state index contributed by atoms with van der Waals surface area (Å²) in [5, 5.41) is 11.2. The van der Waals surface area contributed by atoms with Crippen molar-refractivity contribution in [1.82, 2.24) is 15.5 Å². The lowest BCUT2D eigenvalue weighted by Crippen LogP contribution is -2.14. The van der Waals surface area contributed by atoms with Crippen LogP contribution in [0.3, 0.4) is 0 Å². The van der Waals surface area contributed by atoms with Gasteiger partial charge < -0.3 is 5.32 Å². The molecule has 0 radical (unpaired) electrons. The second kappa shape index (κ2) is 4.58. The molecule has 94 valence electrons. The van der Waals surface area contributed by atoms with Gasteiger partial charge in [0.25, 0.3) is 0 Å². The van der Waals surface area contributed by atoms with Gasteiger partial charge in [-0.3, -0.25) is 5.10 Å². The summed E-state index contributed by atoms with van der Waals surface area (Å²) >= 11 is 0. The van der Waals surface area contributed by atoms with Gasteiger partial charge in [-0.05, 0) is 38.8 Å². The Morgan fingerprint density at radius 1 is 1.17 bits per heavy atom. The fraction of sp³-hybridized carbons (Fsp3) is 0.400. The van der Waals surface area contributed by atoms with E-state index in [1.54, 1.807) is 0 Å². The van der Waals surface area contributed by atoms with E-state index >= 15 is 0 Å². The molecular formula is C15H19N3. The van der Waals surface area contributed by atoms with Crippen molar-refractivity contribution in [2.75, 3.05) is 6.54 Å². The first kappa shape index (κ1) is 11.5. The Hall–Kier alpha value is -1.61. The number of hydrogen-bond donors (Lipinski definition) is 2. The summed E-state index contributed by atoms with van der Waals surface area (Å²) in [5.74, 6) is 0. The lowest BCUT2D eigenvalue weighted by Gasteiger charge is -2.08. The number of aryl methyl sites for hydroxylation is 1. The molecule has 18 heavy (non-hydrogen) atoms. The summed E-state index contributed by atoms with van der Waals surface area (Å²) in [5.41, 5.74) is 6.09. The fourth-order valence-electron chi connectivity index (χ4n) is 2.67. The van der Waals surface area contributed by atoms with Crippen LogP contribution in [0.4, 0.5) is 0 Å². The van der Waals surface area contributed by atoms with Gasteiger partial charge in [-0.2, -0.15) is 5.10 Å². The summed E-state index contributed by atoms with van der Waals surface area (Å²) in [4.78, 5) is 0. The molecule has 0 aliphatic carbocycles. The molecule has 3 heteroatoms. The average Bonchev–Trinajstić information content (AvgIpc) is 2.99. The molecule has 2 aromatic rings. The zero-order valence-corrected chi connectivity index (χ0v) is 11.0. The Morgan fingerprint density at radius 2 is 1.94 bits per heavy atom. The number of hydrogen-bond acceptors (Lipinski definition) is 2. The van der Waals surface area contributed by atoms with Crippen molar-refractivity contribution in [3.63, 3.8) is 0 Å². The topological polar surface area (TPSA) is 40.7 Å². The molecule has 0 amide bonds. The van der Waals surface area contributed by atoms with E-state index < -0.39 is 0 Å². The smallest absolute Gasteiger partial charge is 0.0953 e. The van der Waals surface area contributed by atoms with E-state index in [1.165, 1.54) is 35.2 Å². The van der Waals surface area contributed by atoms with Crippen molar-refractivity contribution in [2.45, 2.75) is 32.7 Å². The van der Waals surface area contributed by atoms with Crippen LogP contribution in [0.15, 0.2) is 24.3 Å². The number of nitrogens with one attached hydrogen (secondary N) is 2. The molecule has 0 saturated carbocycles. The highest BCUT2D eigenvalue weighted by Gasteiger charge is 2.21. The van der Waals surface area contributed by atoms with Gasteiger partial charge in [-0.15, -0.1) is 0 Å². The molecule has 1 aromatic carbocycles. The predicted octanol–water partition coefficient (Wildman–Crippen LogP) is 3.12. The van der Waals surface area contributed by atoms with Crippen LogP contribution < -0.4 is 5.32 Å². The van der Waals surface area contributed by atoms with Crippen LogP contribution in [0.5, 0.6) is 0 Å². The zero-order valence-electron chi connectivity index (χ0n) is 11.0. The Balaban J connectivity index is 1.96. The highest BCUT2D eigenvalue weighted by atomic mass is 15.1. The number of H-pyrrole nitrogens is 1. The monoisotopic (exact) mass is 241 g/mol. The fourth-order valence-corrected chi connectivity index (χ4v) is 2.67. The maximum atomic E-state index is 4.50. The van der Waals surface area contributed by atoms with E-state index in [2.05, 4.69) is 53.6 Å². The van der Waals surface area contributed by atoms with Crippen molar-refractivity contribution in [1.29, 1.82) is 0 Å². The Labute approximate surface area is 108 Å². The minimum absolute atomic E-state index is 0.455. The normalized spacial score (nSPS) is 19.3. The third kappa shape index (κ3) is 1.95. The van der Waals surface area contributed by atoms with Crippen molar-refractivity contribution < 1.29 is 0 Å². The molecule has 1 atom stereocenters. The number of nitrogens with zero attached hydrogens (tertiary/aromatic N) is 1. The van der Waals surface area contributed by atoms with E-state index in [0.29, 0.717) is 6.04 Å². The molecule has 1 aliphatic heterocycles. The van der Waals surface area contributed by atoms with E-state index in [4.69, 9.17) is 0 Å². The molecule has 0 spiro atoms. The highest BCUT2D eigenvalue weighted by Crippen LogP contribution is 2.30. The van der Waals surface area contributed by atoms with E-state index in [1.807, 2.05) is 0 Å². The summed E-state index contributed by atoms with van der Waals surface area (Å²) in [7, 11) is 0. The van der Waals surface area contributed by atoms with Crippen LogP contribution in [-0.2, 0) is 0 Å². The molecule has 1 unspecified atom stereocenters.